The summed E-state index contributed by atoms with van der Waals surface area (Å²) in [5.41, 5.74) is 7.39. The monoisotopic (exact) mass is 351 g/mol. The zero-order valence-corrected chi connectivity index (χ0v) is 13.9. The summed E-state index contributed by atoms with van der Waals surface area (Å²) in [5.74, 6) is 0.868. The first kappa shape index (κ1) is 15.4. The highest BCUT2D eigenvalue weighted by atomic mass is 79.9. The second kappa shape index (κ2) is 7.16. The zero-order chi connectivity index (χ0) is 14.5. The summed E-state index contributed by atoms with van der Waals surface area (Å²) in [6, 6.07) is 16.4. The molecule has 0 heterocycles. The van der Waals surface area contributed by atoms with Gasteiger partial charge in [0.25, 0.3) is 0 Å². The molecule has 2 N–H and O–H groups in total. The number of rotatable bonds is 5. The van der Waals surface area contributed by atoms with Gasteiger partial charge in [-0.2, -0.15) is 0 Å². The molecule has 2 rings (SSSR count). The molecule has 106 valence electrons. The molecule has 0 aliphatic carbocycles. The molecule has 0 amide bonds. The normalized spacial score (nSPS) is 13.8. The summed E-state index contributed by atoms with van der Waals surface area (Å²) in [6.45, 7) is 2.04. The summed E-state index contributed by atoms with van der Waals surface area (Å²) in [7, 11) is 1.68. The van der Waals surface area contributed by atoms with E-state index in [9.17, 15) is 0 Å². The first-order chi connectivity index (χ1) is 9.60. The van der Waals surface area contributed by atoms with E-state index in [1.165, 1.54) is 5.56 Å². The maximum absolute atomic E-state index is 6.17. The van der Waals surface area contributed by atoms with E-state index in [0.29, 0.717) is 0 Å². The molecule has 2 aromatic carbocycles. The SMILES string of the molecule is COc1cccc(SC(c2cccc(Br)c2)C(C)N)c1. The van der Waals surface area contributed by atoms with Gasteiger partial charge >= 0.3 is 0 Å². The van der Waals surface area contributed by atoms with Crippen molar-refractivity contribution in [2.75, 3.05) is 7.11 Å². The van der Waals surface area contributed by atoms with E-state index in [1.54, 1.807) is 18.9 Å². The molecule has 20 heavy (non-hydrogen) atoms. The Hall–Kier alpha value is -0.970. The Balaban J connectivity index is 2.25. The predicted octanol–water partition coefficient (Wildman–Crippen LogP) is 4.64. The molecule has 0 spiro atoms. The summed E-state index contributed by atoms with van der Waals surface area (Å²) in [4.78, 5) is 1.16. The maximum atomic E-state index is 6.17. The van der Waals surface area contributed by atoms with Crippen LogP contribution in [0.4, 0.5) is 0 Å². The van der Waals surface area contributed by atoms with E-state index in [2.05, 4.69) is 34.1 Å². The molecule has 0 aliphatic rings. The van der Waals surface area contributed by atoms with Crippen LogP contribution in [0.1, 0.15) is 17.7 Å². The van der Waals surface area contributed by atoms with E-state index >= 15 is 0 Å². The minimum Gasteiger partial charge on any atom is -0.497 e. The van der Waals surface area contributed by atoms with Crippen molar-refractivity contribution < 1.29 is 4.74 Å². The van der Waals surface area contributed by atoms with Crippen molar-refractivity contribution in [3.05, 3.63) is 58.6 Å². The lowest BCUT2D eigenvalue weighted by Gasteiger charge is -2.21. The Morgan fingerprint density at radius 3 is 2.55 bits per heavy atom. The van der Waals surface area contributed by atoms with Gasteiger partial charge in [0.15, 0.2) is 0 Å². The van der Waals surface area contributed by atoms with Crippen molar-refractivity contribution in [1.29, 1.82) is 0 Å². The molecule has 0 radical (unpaired) electrons. The molecule has 0 fully saturated rings. The summed E-state index contributed by atoms with van der Waals surface area (Å²) in [6.07, 6.45) is 0. The second-order valence-electron chi connectivity index (χ2n) is 4.63. The van der Waals surface area contributed by atoms with Crippen LogP contribution in [0.3, 0.4) is 0 Å². The fourth-order valence-electron chi connectivity index (χ4n) is 1.98. The average Bonchev–Trinajstić information content (AvgIpc) is 2.44. The van der Waals surface area contributed by atoms with Gasteiger partial charge in [-0.3, -0.25) is 0 Å². The van der Waals surface area contributed by atoms with Crippen LogP contribution in [0.2, 0.25) is 0 Å². The summed E-state index contributed by atoms with van der Waals surface area (Å²) >= 11 is 5.28. The number of hydrogen-bond donors (Lipinski definition) is 1. The largest absolute Gasteiger partial charge is 0.497 e. The van der Waals surface area contributed by atoms with Crippen molar-refractivity contribution in [2.45, 2.75) is 23.1 Å². The lowest BCUT2D eigenvalue weighted by molar-refractivity contribution is 0.413. The Kier molecular flexibility index (Phi) is 5.52. The highest BCUT2D eigenvalue weighted by Crippen LogP contribution is 2.38. The minimum atomic E-state index is 0.0560. The summed E-state index contributed by atoms with van der Waals surface area (Å²) < 4.78 is 6.35. The molecular weight excluding hydrogens is 334 g/mol. The topological polar surface area (TPSA) is 35.2 Å². The number of benzene rings is 2. The number of nitrogens with two attached hydrogens (primary N) is 1. The Labute approximate surface area is 132 Å². The lowest BCUT2D eigenvalue weighted by Crippen LogP contribution is -2.22. The van der Waals surface area contributed by atoms with Crippen LogP contribution in [0.5, 0.6) is 5.75 Å². The molecule has 0 aromatic heterocycles. The highest BCUT2D eigenvalue weighted by molar-refractivity contribution is 9.10. The van der Waals surface area contributed by atoms with E-state index < -0.39 is 0 Å². The second-order valence-corrected chi connectivity index (χ2v) is 6.76. The van der Waals surface area contributed by atoms with E-state index in [0.717, 1.165) is 15.1 Å². The minimum absolute atomic E-state index is 0.0560. The van der Waals surface area contributed by atoms with Gasteiger partial charge in [0.2, 0.25) is 0 Å². The van der Waals surface area contributed by atoms with Crippen LogP contribution in [0, 0.1) is 0 Å². The average molecular weight is 352 g/mol. The molecule has 2 nitrogen and oxygen atoms in total. The highest BCUT2D eigenvalue weighted by Gasteiger charge is 2.18. The van der Waals surface area contributed by atoms with Crippen LogP contribution in [0.25, 0.3) is 0 Å². The molecule has 4 heteroatoms. The van der Waals surface area contributed by atoms with Crippen molar-refractivity contribution in [3.63, 3.8) is 0 Å². The van der Waals surface area contributed by atoms with Crippen molar-refractivity contribution in [1.82, 2.24) is 0 Å². The quantitative estimate of drug-likeness (QED) is 0.797. The first-order valence-electron chi connectivity index (χ1n) is 6.42. The van der Waals surface area contributed by atoms with Gasteiger partial charge in [-0.05, 0) is 42.8 Å². The number of ether oxygens (including phenoxy) is 1. The molecule has 0 bridgehead atoms. The molecule has 0 aliphatic heterocycles. The molecule has 0 saturated heterocycles. The Morgan fingerprint density at radius 2 is 1.90 bits per heavy atom. The van der Waals surface area contributed by atoms with Crippen LogP contribution in [0.15, 0.2) is 57.9 Å². The van der Waals surface area contributed by atoms with E-state index in [1.807, 2.05) is 37.3 Å². The fraction of sp³-hybridized carbons (Fsp3) is 0.250. The van der Waals surface area contributed by atoms with Crippen LogP contribution in [-0.2, 0) is 0 Å². The summed E-state index contributed by atoms with van der Waals surface area (Å²) in [5, 5.41) is 0.208. The maximum Gasteiger partial charge on any atom is 0.119 e. The number of methoxy groups -OCH3 is 1. The lowest BCUT2D eigenvalue weighted by atomic mass is 10.1. The third-order valence-corrected chi connectivity index (χ3v) is 4.93. The van der Waals surface area contributed by atoms with Gasteiger partial charge in [0.1, 0.15) is 5.75 Å². The van der Waals surface area contributed by atoms with Gasteiger partial charge in [0.05, 0.1) is 7.11 Å². The van der Waals surface area contributed by atoms with Crippen LogP contribution >= 0.6 is 27.7 Å². The van der Waals surface area contributed by atoms with Crippen LogP contribution < -0.4 is 10.5 Å². The standard InChI is InChI=1S/C16H18BrNOS/c1-11(18)16(12-5-3-6-13(17)9-12)20-15-8-4-7-14(10-15)19-2/h3-11,16H,18H2,1-2H3. The van der Waals surface area contributed by atoms with Gasteiger partial charge in [0, 0.05) is 20.7 Å². The molecule has 2 atom stereocenters. The van der Waals surface area contributed by atoms with Gasteiger partial charge in [-0.25, -0.2) is 0 Å². The number of thioether (sulfide) groups is 1. The first-order valence-corrected chi connectivity index (χ1v) is 8.09. The smallest absolute Gasteiger partial charge is 0.119 e. The molecule has 2 unspecified atom stereocenters. The van der Waals surface area contributed by atoms with Crippen molar-refractivity contribution >= 4 is 27.7 Å². The van der Waals surface area contributed by atoms with Gasteiger partial charge < -0.3 is 10.5 Å². The molecule has 2 aromatic rings. The van der Waals surface area contributed by atoms with Crippen molar-refractivity contribution in [3.8, 4) is 5.75 Å². The fourth-order valence-corrected chi connectivity index (χ4v) is 3.53. The Bertz CT molecular complexity index is 574. The Morgan fingerprint density at radius 1 is 1.15 bits per heavy atom. The molecule has 0 saturated carbocycles. The third-order valence-electron chi connectivity index (χ3n) is 2.96. The third kappa shape index (κ3) is 4.01. The zero-order valence-electron chi connectivity index (χ0n) is 11.5. The predicted molar refractivity (Wildman–Crippen MR) is 89.4 cm³/mol. The van der Waals surface area contributed by atoms with Gasteiger partial charge in [-0.15, -0.1) is 11.8 Å². The molecular formula is C16H18BrNOS. The van der Waals surface area contributed by atoms with Crippen LogP contribution in [-0.4, -0.2) is 13.2 Å². The van der Waals surface area contributed by atoms with E-state index in [-0.39, 0.29) is 11.3 Å². The van der Waals surface area contributed by atoms with Crippen molar-refractivity contribution in [2.24, 2.45) is 5.73 Å². The number of halogens is 1. The van der Waals surface area contributed by atoms with E-state index in [4.69, 9.17) is 10.5 Å². The number of hydrogen-bond acceptors (Lipinski definition) is 3. The van der Waals surface area contributed by atoms with Gasteiger partial charge in [-0.1, -0.05) is 34.1 Å².